The van der Waals surface area contributed by atoms with Gasteiger partial charge in [-0.3, -0.25) is 9.78 Å². The minimum atomic E-state index is -0.294. The van der Waals surface area contributed by atoms with Gasteiger partial charge in [-0.1, -0.05) is 5.16 Å². The Morgan fingerprint density at radius 1 is 1.39 bits per heavy atom. The Balaban J connectivity index is 1.55. The number of hydrogen-bond acceptors (Lipinski definition) is 7. The highest BCUT2D eigenvalue weighted by atomic mass is 32.1. The number of amides is 1. The van der Waals surface area contributed by atoms with Crippen LogP contribution in [-0.4, -0.2) is 26.0 Å². The molecule has 0 radical (unpaired) electrons. The van der Waals surface area contributed by atoms with Gasteiger partial charge in [0, 0.05) is 23.2 Å². The fraction of sp³-hybridized carbons (Fsp3) is 0.267. The quantitative estimate of drug-likeness (QED) is 0.791. The minimum absolute atomic E-state index is 0.273. The fourth-order valence-corrected chi connectivity index (χ4v) is 3.05. The van der Waals surface area contributed by atoms with E-state index < -0.39 is 0 Å². The molecule has 3 heterocycles. The number of hydrogen-bond donors (Lipinski definition) is 1. The highest BCUT2D eigenvalue weighted by molar-refractivity contribution is 7.16. The van der Waals surface area contributed by atoms with Gasteiger partial charge in [0.05, 0.1) is 16.8 Å². The molecule has 1 aliphatic rings. The number of nitrogens with zero attached hydrogens (tertiary/aromatic N) is 4. The number of rotatable bonds is 4. The minimum Gasteiger partial charge on any atom is -0.339 e. The van der Waals surface area contributed by atoms with Gasteiger partial charge in [0.1, 0.15) is 5.69 Å². The molecule has 116 valence electrons. The summed E-state index contributed by atoms with van der Waals surface area (Å²) < 4.78 is 5.28. The van der Waals surface area contributed by atoms with E-state index in [1.165, 1.54) is 29.9 Å². The lowest BCUT2D eigenvalue weighted by molar-refractivity contribution is 0.102. The first-order chi connectivity index (χ1) is 11.2. The average Bonchev–Trinajstić information content (AvgIpc) is 3.19. The van der Waals surface area contributed by atoms with E-state index >= 15 is 0 Å². The lowest BCUT2D eigenvalue weighted by Crippen LogP contribution is -2.13. The van der Waals surface area contributed by atoms with Crippen molar-refractivity contribution in [3.8, 4) is 10.7 Å². The third kappa shape index (κ3) is 2.85. The second kappa shape index (κ2) is 5.54. The van der Waals surface area contributed by atoms with Crippen LogP contribution in [-0.2, 0) is 0 Å². The van der Waals surface area contributed by atoms with Crippen molar-refractivity contribution in [1.29, 1.82) is 0 Å². The van der Waals surface area contributed by atoms with E-state index in [1.54, 1.807) is 0 Å². The maximum atomic E-state index is 12.2. The Hall–Kier alpha value is -2.61. The van der Waals surface area contributed by atoms with Crippen molar-refractivity contribution < 1.29 is 9.32 Å². The second-order valence-corrected chi connectivity index (χ2v) is 6.61. The van der Waals surface area contributed by atoms with Gasteiger partial charge in [-0.05, 0) is 25.8 Å². The predicted molar refractivity (Wildman–Crippen MR) is 84.3 cm³/mol. The van der Waals surface area contributed by atoms with Crippen LogP contribution in [0, 0.1) is 6.92 Å². The van der Waals surface area contributed by atoms with Crippen LogP contribution in [0.5, 0.6) is 0 Å². The third-order valence-corrected chi connectivity index (χ3v) is 4.60. The molecule has 4 rings (SSSR count). The van der Waals surface area contributed by atoms with Gasteiger partial charge in [-0.2, -0.15) is 4.98 Å². The summed E-state index contributed by atoms with van der Waals surface area (Å²) in [4.78, 5) is 26.3. The molecule has 1 fully saturated rings. The molecule has 0 atom stereocenters. The molecule has 1 N–H and O–H groups in total. The normalized spacial score (nSPS) is 14.0. The third-order valence-electron chi connectivity index (χ3n) is 3.55. The molecule has 0 aromatic carbocycles. The number of aromatic nitrogens is 4. The van der Waals surface area contributed by atoms with Gasteiger partial charge in [0.2, 0.25) is 11.7 Å². The first kappa shape index (κ1) is 14.0. The zero-order valence-corrected chi connectivity index (χ0v) is 13.1. The standard InChI is InChI=1S/C15H13N5O2S/c1-8-10(18-14(21)11-7-16-4-5-17-11)6-12(23-8)13-19-15(22-20-13)9-2-3-9/h4-7,9H,2-3H2,1H3,(H,18,21). The van der Waals surface area contributed by atoms with Gasteiger partial charge in [0.25, 0.3) is 5.91 Å². The van der Waals surface area contributed by atoms with Crippen LogP contribution in [0.4, 0.5) is 5.69 Å². The predicted octanol–water partition coefficient (Wildman–Crippen LogP) is 3.03. The molecule has 3 aromatic heterocycles. The molecule has 0 aliphatic heterocycles. The summed E-state index contributed by atoms with van der Waals surface area (Å²) in [5.41, 5.74) is 0.994. The monoisotopic (exact) mass is 327 g/mol. The van der Waals surface area contributed by atoms with Crippen molar-refractivity contribution in [1.82, 2.24) is 20.1 Å². The first-order valence-corrected chi connectivity index (χ1v) is 8.04. The van der Waals surface area contributed by atoms with Crippen molar-refractivity contribution in [3.05, 3.63) is 41.1 Å². The molecule has 23 heavy (non-hydrogen) atoms. The number of anilines is 1. The Morgan fingerprint density at radius 3 is 3.00 bits per heavy atom. The van der Waals surface area contributed by atoms with E-state index in [2.05, 4.69) is 25.4 Å². The Kier molecular flexibility index (Phi) is 3.38. The molecular weight excluding hydrogens is 314 g/mol. The van der Waals surface area contributed by atoms with Crippen LogP contribution < -0.4 is 5.32 Å². The summed E-state index contributed by atoms with van der Waals surface area (Å²) >= 11 is 1.51. The van der Waals surface area contributed by atoms with Crippen LogP contribution >= 0.6 is 11.3 Å². The maximum absolute atomic E-state index is 12.2. The summed E-state index contributed by atoms with van der Waals surface area (Å²) in [6, 6.07) is 1.86. The van der Waals surface area contributed by atoms with E-state index in [1.807, 2.05) is 13.0 Å². The molecule has 0 bridgehead atoms. The number of carbonyl (C=O) groups excluding carboxylic acids is 1. The molecule has 1 saturated carbocycles. The van der Waals surface area contributed by atoms with E-state index in [0.29, 0.717) is 17.6 Å². The first-order valence-electron chi connectivity index (χ1n) is 7.22. The molecule has 3 aromatic rings. The van der Waals surface area contributed by atoms with Gasteiger partial charge in [0.15, 0.2) is 0 Å². The van der Waals surface area contributed by atoms with Crippen LogP contribution in [0.15, 0.2) is 29.2 Å². The Bertz CT molecular complexity index is 854. The summed E-state index contributed by atoms with van der Waals surface area (Å²) in [5.74, 6) is 1.40. The molecule has 1 amide bonds. The zero-order chi connectivity index (χ0) is 15.8. The Labute approximate surface area is 135 Å². The Morgan fingerprint density at radius 2 is 2.26 bits per heavy atom. The van der Waals surface area contributed by atoms with Gasteiger partial charge < -0.3 is 9.84 Å². The van der Waals surface area contributed by atoms with Crippen molar-refractivity contribution in [2.45, 2.75) is 25.7 Å². The van der Waals surface area contributed by atoms with Crippen molar-refractivity contribution in [2.75, 3.05) is 5.32 Å². The second-order valence-electron chi connectivity index (χ2n) is 5.36. The number of thiophene rings is 1. The van der Waals surface area contributed by atoms with Crippen LogP contribution in [0.1, 0.15) is 40.0 Å². The molecule has 8 heteroatoms. The van der Waals surface area contributed by atoms with E-state index in [4.69, 9.17) is 4.52 Å². The fourth-order valence-electron chi connectivity index (χ4n) is 2.15. The summed E-state index contributed by atoms with van der Waals surface area (Å²) in [7, 11) is 0. The van der Waals surface area contributed by atoms with Crippen molar-refractivity contribution >= 4 is 22.9 Å². The van der Waals surface area contributed by atoms with Crippen molar-refractivity contribution in [2.24, 2.45) is 0 Å². The van der Waals surface area contributed by atoms with Crippen LogP contribution in [0.2, 0.25) is 0 Å². The molecule has 7 nitrogen and oxygen atoms in total. The van der Waals surface area contributed by atoms with E-state index in [-0.39, 0.29) is 11.6 Å². The number of nitrogens with one attached hydrogen (secondary N) is 1. The molecule has 1 aliphatic carbocycles. The van der Waals surface area contributed by atoms with Crippen molar-refractivity contribution in [3.63, 3.8) is 0 Å². The number of carbonyl (C=O) groups is 1. The molecule has 0 unspecified atom stereocenters. The smallest absolute Gasteiger partial charge is 0.275 e. The van der Waals surface area contributed by atoms with Crippen LogP contribution in [0.25, 0.3) is 10.7 Å². The topological polar surface area (TPSA) is 93.8 Å². The van der Waals surface area contributed by atoms with E-state index in [0.717, 1.165) is 28.3 Å². The summed E-state index contributed by atoms with van der Waals surface area (Å²) in [6.45, 7) is 1.93. The lowest BCUT2D eigenvalue weighted by Gasteiger charge is -2.02. The maximum Gasteiger partial charge on any atom is 0.275 e. The zero-order valence-electron chi connectivity index (χ0n) is 12.3. The molecule has 0 spiro atoms. The van der Waals surface area contributed by atoms with Gasteiger partial charge in [-0.25, -0.2) is 4.98 Å². The van der Waals surface area contributed by atoms with Gasteiger partial charge in [-0.15, -0.1) is 11.3 Å². The highest BCUT2D eigenvalue weighted by Gasteiger charge is 2.30. The molecular formula is C15H13N5O2S. The number of aryl methyl sites for hydroxylation is 1. The van der Waals surface area contributed by atoms with Crippen LogP contribution in [0.3, 0.4) is 0 Å². The van der Waals surface area contributed by atoms with Gasteiger partial charge >= 0.3 is 0 Å². The largest absolute Gasteiger partial charge is 0.339 e. The highest BCUT2D eigenvalue weighted by Crippen LogP contribution is 2.40. The average molecular weight is 327 g/mol. The SMILES string of the molecule is Cc1sc(-c2noc(C3CC3)n2)cc1NC(=O)c1cnccn1. The van der Waals surface area contributed by atoms with E-state index in [9.17, 15) is 4.79 Å². The molecule has 0 saturated heterocycles. The summed E-state index contributed by atoms with van der Waals surface area (Å²) in [5, 5.41) is 6.87. The summed E-state index contributed by atoms with van der Waals surface area (Å²) in [6.07, 6.45) is 6.67. The lowest BCUT2D eigenvalue weighted by atomic mass is 10.3.